The molecule has 0 radical (unpaired) electrons. The molecule has 1 saturated heterocycles. The van der Waals surface area contributed by atoms with Crippen molar-refractivity contribution in [1.29, 1.82) is 0 Å². The normalized spacial score (nSPS) is 14.7. The van der Waals surface area contributed by atoms with Crippen molar-refractivity contribution in [2.45, 2.75) is 46.6 Å². The molecule has 2 amide bonds. The molecule has 8 heteroatoms. The van der Waals surface area contributed by atoms with Crippen molar-refractivity contribution in [3.63, 3.8) is 0 Å². The number of aryl methyl sites for hydroxylation is 1. The summed E-state index contributed by atoms with van der Waals surface area (Å²) in [4.78, 5) is 34.7. The number of amides is 2. The van der Waals surface area contributed by atoms with Gasteiger partial charge in [0.05, 0.1) is 5.70 Å². The molecule has 0 atom stereocenters. The Bertz CT molecular complexity index is 1260. The van der Waals surface area contributed by atoms with E-state index in [9.17, 15) is 9.59 Å². The van der Waals surface area contributed by atoms with E-state index in [0.29, 0.717) is 42.5 Å². The molecule has 1 heterocycles. The van der Waals surface area contributed by atoms with Crippen LogP contribution in [0.25, 0.3) is 5.70 Å². The number of allylic oxidation sites excluding steroid dienone is 3. The predicted octanol–water partition coefficient (Wildman–Crippen LogP) is 5.52. The van der Waals surface area contributed by atoms with Crippen molar-refractivity contribution in [2.24, 2.45) is 10.7 Å². The fourth-order valence-electron chi connectivity index (χ4n) is 4.33. The zero-order chi connectivity index (χ0) is 28.4. The van der Waals surface area contributed by atoms with Crippen LogP contribution >= 0.6 is 0 Å². The summed E-state index contributed by atoms with van der Waals surface area (Å²) in [6.45, 7) is 15.4. The molecule has 0 saturated carbocycles. The van der Waals surface area contributed by atoms with Gasteiger partial charge < -0.3 is 23.4 Å². The van der Waals surface area contributed by atoms with E-state index < -0.39 is 5.91 Å². The average Bonchev–Trinajstić information content (AvgIpc) is 2.96. The zero-order valence-electron chi connectivity index (χ0n) is 25.0. The molecule has 7 nitrogen and oxygen atoms in total. The van der Waals surface area contributed by atoms with E-state index in [1.165, 1.54) is 0 Å². The minimum atomic E-state index is -0.433. The molecule has 0 spiro atoms. The third kappa shape index (κ3) is 10.5. The first kappa shape index (κ1) is 36.1. The van der Waals surface area contributed by atoms with Crippen LogP contribution in [0.4, 0.5) is 5.69 Å². The number of rotatable bonds is 10. The number of aliphatic imine (C=N–C) groups is 1. The Morgan fingerprint density at radius 1 is 1.10 bits per heavy atom. The first-order valence-corrected chi connectivity index (χ1v) is 13.6. The number of nitrogens with two attached hydrogens (primary N) is 1. The smallest absolute Gasteiger partial charge is 0.394 e. The summed E-state index contributed by atoms with van der Waals surface area (Å²) < 4.78 is 0. The van der Waals surface area contributed by atoms with Gasteiger partial charge >= 0.3 is 31.1 Å². The standard InChI is InChI=1S/C32H40N5O2.CH3.U/c1-6-10-30(26-12-9-11-24(7-2)21-26)34-27(8-3)22-29(33)31(38)35-28-15-13-25(14-16-28)32(39)37-19-17-36(18-20-37)23(4)5;;/h6,9-10,12-16,21-23H,1,7-8,17-20,33H2,2-5H3,(H,35,38);1H3;/q2*-1;+2/b29-22-,30-10-,34-27+;;. The topological polar surface area (TPSA) is 91.0 Å². The minimum absolute atomic E-state index is 0. The molecule has 1 aliphatic heterocycles. The quantitative estimate of drug-likeness (QED) is 0.144. The molecule has 1 aliphatic rings. The molecule has 41 heavy (non-hydrogen) atoms. The molecule has 0 aromatic heterocycles. The first-order chi connectivity index (χ1) is 18.7. The molecular weight excluding hydrogens is 736 g/mol. The Morgan fingerprint density at radius 2 is 1.76 bits per heavy atom. The van der Waals surface area contributed by atoms with Crippen LogP contribution in [0.2, 0.25) is 0 Å². The third-order valence-corrected chi connectivity index (χ3v) is 6.75. The van der Waals surface area contributed by atoms with Crippen molar-refractivity contribution >= 4 is 28.9 Å². The maximum absolute atomic E-state index is 12.9. The van der Waals surface area contributed by atoms with Crippen LogP contribution in [0.5, 0.6) is 0 Å². The van der Waals surface area contributed by atoms with Gasteiger partial charge in [-0.25, -0.2) is 0 Å². The van der Waals surface area contributed by atoms with E-state index in [2.05, 4.69) is 43.6 Å². The predicted molar refractivity (Wildman–Crippen MR) is 167 cm³/mol. The Morgan fingerprint density at radius 3 is 2.32 bits per heavy atom. The van der Waals surface area contributed by atoms with Gasteiger partial charge in [-0.1, -0.05) is 32.9 Å². The monoisotopic (exact) mass is 779 g/mol. The molecule has 0 unspecified atom stereocenters. The minimum Gasteiger partial charge on any atom is -0.394 e. The van der Waals surface area contributed by atoms with Crippen LogP contribution in [0, 0.1) is 44.6 Å². The van der Waals surface area contributed by atoms with Gasteiger partial charge in [0.2, 0.25) is 0 Å². The summed E-state index contributed by atoms with van der Waals surface area (Å²) in [5.41, 5.74) is 10.8. The van der Waals surface area contributed by atoms with Crippen LogP contribution in [0.3, 0.4) is 0 Å². The van der Waals surface area contributed by atoms with Crippen molar-refractivity contribution in [3.05, 3.63) is 103 Å². The van der Waals surface area contributed by atoms with E-state index in [-0.39, 0.29) is 50.1 Å². The third-order valence-electron chi connectivity index (χ3n) is 6.75. The fourth-order valence-corrected chi connectivity index (χ4v) is 4.33. The van der Waals surface area contributed by atoms with Gasteiger partial charge in [-0.3, -0.25) is 19.5 Å². The van der Waals surface area contributed by atoms with Gasteiger partial charge in [0, 0.05) is 54.9 Å². The molecule has 216 valence electrons. The first-order valence-electron chi connectivity index (χ1n) is 13.6. The van der Waals surface area contributed by atoms with Crippen molar-refractivity contribution in [1.82, 2.24) is 9.80 Å². The molecule has 0 bridgehead atoms. The van der Waals surface area contributed by atoms with Crippen LogP contribution in [-0.4, -0.2) is 59.5 Å². The Balaban J connectivity index is 0.00000420. The summed E-state index contributed by atoms with van der Waals surface area (Å²) in [7, 11) is 0. The molecule has 0 aliphatic carbocycles. The molecule has 3 rings (SSSR count). The fraction of sp³-hybridized carbons (Fsp3) is 0.333. The maximum atomic E-state index is 12.9. The van der Waals surface area contributed by atoms with E-state index in [1.807, 2.05) is 36.1 Å². The largest absolute Gasteiger partial charge is 2.00 e. The number of hydrogen-bond acceptors (Lipinski definition) is 5. The molecule has 2 aromatic carbocycles. The number of hydrogen-bond donors (Lipinski definition) is 2. The van der Waals surface area contributed by atoms with Crippen LogP contribution in [-0.2, 0) is 11.2 Å². The number of nitrogens with one attached hydrogen (secondary N) is 1. The Kier molecular flexibility index (Phi) is 15.7. The number of carbonyl (C=O) groups is 2. The molecule has 2 aromatic rings. The molecule has 1 fully saturated rings. The second kappa shape index (κ2) is 17.8. The SMILES string of the molecule is C=C\C=C(/N=C(/C=C(\N)C(=O)Nc1ccc(C(=O)N2CCN(C(C)C)CC2)cc1)CC)c1cc[c-]c(CC)c1.[CH3-].[U+2]. The number of nitrogens with zero attached hydrogens (tertiary/aromatic N) is 3. The van der Waals surface area contributed by atoms with Gasteiger partial charge in [0.1, 0.15) is 0 Å². The van der Waals surface area contributed by atoms with Crippen LogP contribution < -0.4 is 11.1 Å². The van der Waals surface area contributed by atoms with Gasteiger partial charge in [-0.15, -0.1) is 5.56 Å². The Hall–Kier alpha value is -2.92. The Labute approximate surface area is 270 Å². The van der Waals surface area contributed by atoms with E-state index >= 15 is 0 Å². The maximum Gasteiger partial charge on any atom is 2.00 e. The summed E-state index contributed by atoms with van der Waals surface area (Å²) in [5, 5.41) is 2.81. The summed E-state index contributed by atoms with van der Waals surface area (Å²) in [5.74, 6) is -0.429. The van der Waals surface area contributed by atoms with Crippen molar-refractivity contribution in [3.8, 4) is 0 Å². The summed E-state index contributed by atoms with van der Waals surface area (Å²) in [6.07, 6.45) is 6.58. The van der Waals surface area contributed by atoms with E-state index in [0.717, 1.165) is 36.3 Å². The van der Waals surface area contributed by atoms with Crippen molar-refractivity contribution in [2.75, 3.05) is 31.5 Å². The molecular formula is C33H43N5O2U. The zero-order valence-corrected chi connectivity index (χ0v) is 29.2. The second-order valence-corrected chi connectivity index (χ2v) is 9.75. The number of piperazine rings is 1. The van der Waals surface area contributed by atoms with Gasteiger partial charge in [0.25, 0.3) is 11.8 Å². The number of carbonyl (C=O) groups excluding carboxylic acids is 2. The van der Waals surface area contributed by atoms with Crippen LogP contribution in [0.15, 0.2) is 78.0 Å². The van der Waals surface area contributed by atoms with Crippen LogP contribution in [0.1, 0.15) is 55.6 Å². The van der Waals surface area contributed by atoms with Gasteiger partial charge in [-0.05, 0) is 56.7 Å². The van der Waals surface area contributed by atoms with Gasteiger partial charge in [-0.2, -0.15) is 29.8 Å². The number of anilines is 1. The summed E-state index contributed by atoms with van der Waals surface area (Å²) in [6, 6.07) is 16.5. The second-order valence-electron chi connectivity index (χ2n) is 9.75. The van der Waals surface area contributed by atoms with Gasteiger partial charge in [0.15, 0.2) is 0 Å². The molecule has 3 N–H and O–H groups in total. The number of benzene rings is 2. The van der Waals surface area contributed by atoms with E-state index in [1.54, 1.807) is 36.4 Å². The summed E-state index contributed by atoms with van der Waals surface area (Å²) >= 11 is 0. The van der Waals surface area contributed by atoms with Crippen molar-refractivity contribution < 1.29 is 40.7 Å². The van der Waals surface area contributed by atoms with E-state index in [4.69, 9.17) is 10.7 Å². The average molecular weight is 780 g/mol.